The highest BCUT2D eigenvalue weighted by Crippen LogP contribution is 2.27. The summed E-state index contributed by atoms with van der Waals surface area (Å²) in [5, 5.41) is 11.4. The molecule has 0 aliphatic rings. The van der Waals surface area contributed by atoms with Gasteiger partial charge in [-0.1, -0.05) is 0 Å². The molecule has 22 heavy (non-hydrogen) atoms. The van der Waals surface area contributed by atoms with E-state index in [0.29, 0.717) is 0 Å². The van der Waals surface area contributed by atoms with E-state index in [9.17, 15) is 18.4 Å². The molecular weight excluding hydrogens is 294 g/mol. The van der Waals surface area contributed by atoms with E-state index in [-0.39, 0.29) is 29.2 Å². The number of hydrogen-bond donors (Lipinski definition) is 2. The maximum absolute atomic E-state index is 14.6. The van der Waals surface area contributed by atoms with Crippen LogP contribution in [0, 0.1) is 11.6 Å². The molecule has 0 amide bonds. The Balaban J connectivity index is 2.94. The predicted octanol–water partition coefficient (Wildman–Crippen LogP) is 2.82. The smallest absolute Gasteiger partial charge is 0.341 e. The van der Waals surface area contributed by atoms with Crippen molar-refractivity contribution >= 4 is 22.6 Å². The van der Waals surface area contributed by atoms with Gasteiger partial charge in [-0.05, 0) is 26.8 Å². The van der Waals surface area contributed by atoms with E-state index in [2.05, 4.69) is 5.32 Å². The van der Waals surface area contributed by atoms with Gasteiger partial charge in [-0.25, -0.2) is 13.6 Å². The van der Waals surface area contributed by atoms with E-state index in [1.807, 2.05) is 0 Å². The molecule has 7 heteroatoms. The standard InChI is InChI=1S/C15H16F2N2O3/c1-4-19-6-9(15(21)22)14(20)8-5-10(16)12(18-7(2)3)11(17)13(8)19/h5-7,18H,4H2,1-3H3,(H,21,22). The van der Waals surface area contributed by atoms with Gasteiger partial charge in [0.05, 0.1) is 10.9 Å². The van der Waals surface area contributed by atoms with Crippen molar-refractivity contribution in [2.24, 2.45) is 0 Å². The van der Waals surface area contributed by atoms with Crippen molar-refractivity contribution in [2.45, 2.75) is 33.4 Å². The van der Waals surface area contributed by atoms with Crippen molar-refractivity contribution in [1.82, 2.24) is 4.57 Å². The first kappa shape index (κ1) is 15.9. The van der Waals surface area contributed by atoms with E-state index in [1.54, 1.807) is 20.8 Å². The largest absolute Gasteiger partial charge is 0.477 e. The first-order valence-corrected chi connectivity index (χ1v) is 6.82. The summed E-state index contributed by atoms with van der Waals surface area (Å²) < 4.78 is 30.0. The van der Waals surface area contributed by atoms with Crippen molar-refractivity contribution in [3.05, 3.63) is 39.7 Å². The Labute approximate surface area is 125 Å². The molecule has 1 aromatic heterocycles. The SMILES string of the molecule is CCn1cc(C(=O)O)c(=O)c2cc(F)c(NC(C)C)c(F)c21. The number of hydrogen-bond acceptors (Lipinski definition) is 3. The Morgan fingerprint density at radius 1 is 1.41 bits per heavy atom. The average molecular weight is 310 g/mol. The number of aromatic carboxylic acids is 1. The van der Waals surface area contributed by atoms with Crippen LogP contribution in [0.5, 0.6) is 0 Å². The number of carboxylic acid groups (broad SMARTS) is 1. The first-order chi connectivity index (χ1) is 10.3. The summed E-state index contributed by atoms with van der Waals surface area (Å²) in [4.78, 5) is 23.2. The number of carboxylic acids is 1. The fourth-order valence-corrected chi connectivity index (χ4v) is 2.31. The molecule has 0 spiro atoms. The van der Waals surface area contributed by atoms with Gasteiger partial charge in [0.25, 0.3) is 0 Å². The van der Waals surface area contributed by atoms with Crippen LogP contribution in [0.1, 0.15) is 31.1 Å². The number of anilines is 1. The Bertz CT molecular complexity index is 813. The second-order valence-corrected chi connectivity index (χ2v) is 5.21. The highest BCUT2D eigenvalue weighted by molar-refractivity contribution is 5.93. The number of benzene rings is 1. The van der Waals surface area contributed by atoms with E-state index in [4.69, 9.17) is 5.11 Å². The molecule has 0 radical (unpaired) electrons. The molecule has 0 atom stereocenters. The van der Waals surface area contributed by atoms with Gasteiger partial charge in [-0.3, -0.25) is 4.79 Å². The summed E-state index contributed by atoms with van der Waals surface area (Å²) in [7, 11) is 0. The Morgan fingerprint density at radius 3 is 2.55 bits per heavy atom. The van der Waals surface area contributed by atoms with Crippen molar-refractivity contribution in [2.75, 3.05) is 5.32 Å². The van der Waals surface area contributed by atoms with Crippen LogP contribution in [0.3, 0.4) is 0 Å². The minimum absolute atomic E-state index is 0.109. The van der Waals surface area contributed by atoms with E-state index in [0.717, 1.165) is 12.3 Å². The van der Waals surface area contributed by atoms with Crippen LogP contribution >= 0.6 is 0 Å². The van der Waals surface area contributed by atoms with Crippen molar-refractivity contribution < 1.29 is 18.7 Å². The lowest BCUT2D eigenvalue weighted by atomic mass is 10.1. The van der Waals surface area contributed by atoms with Gasteiger partial charge in [0.15, 0.2) is 5.82 Å². The maximum atomic E-state index is 14.6. The van der Waals surface area contributed by atoms with Crippen molar-refractivity contribution in [3.63, 3.8) is 0 Å². The fourth-order valence-electron chi connectivity index (χ4n) is 2.31. The molecule has 1 aromatic carbocycles. The van der Waals surface area contributed by atoms with Crippen LogP contribution in [-0.4, -0.2) is 21.7 Å². The fraction of sp³-hybridized carbons (Fsp3) is 0.333. The molecule has 2 N–H and O–H groups in total. The lowest BCUT2D eigenvalue weighted by Gasteiger charge is -2.16. The van der Waals surface area contributed by atoms with Crippen LogP contribution in [0.2, 0.25) is 0 Å². The van der Waals surface area contributed by atoms with E-state index >= 15 is 0 Å². The molecule has 1 heterocycles. The van der Waals surface area contributed by atoms with Crippen molar-refractivity contribution in [1.29, 1.82) is 0 Å². The summed E-state index contributed by atoms with van der Waals surface area (Å²) in [5.74, 6) is -3.26. The van der Waals surface area contributed by atoms with Crippen LogP contribution in [-0.2, 0) is 6.54 Å². The quantitative estimate of drug-likeness (QED) is 0.911. The number of pyridine rings is 1. The van der Waals surface area contributed by atoms with Crippen LogP contribution in [0.4, 0.5) is 14.5 Å². The molecule has 118 valence electrons. The summed E-state index contributed by atoms with van der Waals surface area (Å²) >= 11 is 0. The van der Waals surface area contributed by atoms with Gasteiger partial charge < -0.3 is 15.0 Å². The molecule has 0 saturated carbocycles. The minimum Gasteiger partial charge on any atom is -0.477 e. The molecule has 0 aliphatic carbocycles. The number of nitrogens with one attached hydrogen (secondary N) is 1. The lowest BCUT2D eigenvalue weighted by Crippen LogP contribution is -2.21. The number of aryl methyl sites for hydroxylation is 1. The zero-order chi connectivity index (χ0) is 16.6. The zero-order valence-electron chi connectivity index (χ0n) is 12.4. The summed E-state index contributed by atoms with van der Waals surface area (Å²) in [6.07, 6.45) is 1.08. The number of halogens is 2. The summed E-state index contributed by atoms with van der Waals surface area (Å²) in [6, 6.07) is 0.672. The summed E-state index contributed by atoms with van der Waals surface area (Å²) in [6.45, 7) is 5.36. The normalized spacial score (nSPS) is 11.2. The number of aromatic nitrogens is 1. The highest BCUT2D eigenvalue weighted by Gasteiger charge is 2.21. The number of carbonyl (C=O) groups is 1. The topological polar surface area (TPSA) is 71.3 Å². The van der Waals surface area contributed by atoms with Crippen LogP contribution in [0.15, 0.2) is 17.1 Å². The van der Waals surface area contributed by atoms with E-state index in [1.165, 1.54) is 4.57 Å². The minimum atomic E-state index is -1.43. The maximum Gasteiger partial charge on any atom is 0.341 e. The lowest BCUT2D eigenvalue weighted by molar-refractivity contribution is 0.0695. The monoisotopic (exact) mass is 310 g/mol. The Morgan fingerprint density at radius 2 is 2.05 bits per heavy atom. The van der Waals surface area contributed by atoms with Gasteiger partial charge in [-0.15, -0.1) is 0 Å². The number of rotatable bonds is 4. The van der Waals surface area contributed by atoms with Crippen LogP contribution in [0.25, 0.3) is 10.9 Å². The molecule has 2 aromatic rings. The third-order valence-electron chi connectivity index (χ3n) is 3.26. The summed E-state index contributed by atoms with van der Waals surface area (Å²) in [5.41, 5.74) is -1.85. The molecule has 0 fully saturated rings. The molecule has 2 rings (SSSR count). The molecule has 5 nitrogen and oxygen atoms in total. The molecule has 0 saturated heterocycles. The molecule has 0 aliphatic heterocycles. The Hall–Kier alpha value is -2.44. The third-order valence-corrected chi connectivity index (χ3v) is 3.26. The second-order valence-electron chi connectivity index (χ2n) is 5.21. The van der Waals surface area contributed by atoms with Gasteiger partial charge in [0, 0.05) is 18.8 Å². The molecule has 0 unspecified atom stereocenters. The van der Waals surface area contributed by atoms with Gasteiger partial charge in [0.1, 0.15) is 17.1 Å². The van der Waals surface area contributed by atoms with Gasteiger partial charge >= 0.3 is 5.97 Å². The van der Waals surface area contributed by atoms with Gasteiger partial charge in [0.2, 0.25) is 5.43 Å². The number of fused-ring (bicyclic) bond motifs is 1. The predicted molar refractivity (Wildman–Crippen MR) is 79.5 cm³/mol. The third kappa shape index (κ3) is 2.54. The van der Waals surface area contributed by atoms with Gasteiger partial charge in [-0.2, -0.15) is 0 Å². The molecular formula is C15H16F2N2O3. The molecule has 0 bridgehead atoms. The number of nitrogens with zero attached hydrogens (tertiary/aromatic N) is 1. The van der Waals surface area contributed by atoms with Crippen molar-refractivity contribution in [3.8, 4) is 0 Å². The first-order valence-electron chi connectivity index (χ1n) is 6.82. The van der Waals surface area contributed by atoms with Crippen LogP contribution < -0.4 is 10.7 Å². The second kappa shape index (κ2) is 5.75. The van der Waals surface area contributed by atoms with E-state index < -0.39 is 28.6 Å². The Kier molecular flexibility index (Phi) is 4.16. The zero-order valence-corrected chi connectivity index (χ0v) is 12.4. The average Bonchev–Trinajstić information content (AvgIpc) is 2.43. The highest BCUT2D eigenvalue weighted by atomic mass is 19.1.